The van der Waals surface area contributed by atoms with Gasteiger partial charge in [0.1, 0.15) is 12.2 Å². The molecular weight excluding hydrogens is 755 g/mol. The predicted octanol–water partition coefficient (Wildman–Crippen LogP) is 15.2. The molecule has 6 nitrogen and oxygen atoms in total. The van der Waals surface area contributed by atoms with Crippen molar-refractivity contribution in [3.8, 4) is 0 Å². The minimum atomic E-state index is -1.29. The molecule has 1 amide bonds. The Labute approximate surface area is 379 Å². The van der Waals surface area contributed by atoms with Crippen LogP contribution in [-0.2, 0) is 4.79 Å². The Kier molecular flexibility index (Phi) is 48.3. The molecular formula is C55H105NO5. The maximum Gasteiger partial charge on any atom is 0.249 e. The summed E-state index contributed by atoms with van der Waals surface area (Å²) in [6, 6.07) is -1.01. The molecule has 61 heavy (non-hydrogen) atoms. The first-order chi connectivity index (χ1) is 30.0. The van der Waals surface area contributed by atoms with Gasteiger partial charge in [-0.1, -0.05) is 249 Å². The molecule has 4 atom stereocenters. The fraction of sp³-hybridized carbons (Fsp3) is 0.873. The van der Waals surface area contributed by atoms with Crippen LogP contribution in [0.5, 0.6) is 0 Å². The molecule has 0 saturated carbocycles. The number of hydrogen-bond donors (Lipinski definition) is 5. The fourth-order valence-corrected chi connectivity index (χ4v) is 8.32. The number of rotatable bonds is 49. The van der Waals surface area contributed by atoms with Gasteiger partial charge in [-0.15, -0.1) is 0 Å². The Morgan fingerprint density at radius 3 is 1.03 bits per heavy atom. The molecule has 0 bridgehead atoms. The van der Waals surface area contributed by atoms with Crippen LogP contribution < -0.4 is 5.32 Å². The highest BCUT2D eigenvalue weighted by atomic mass is 16.3. The summed E-state index contributed by atoms with van der Waals surface area (Å²) in [7, 11) is 0. The molecule has 0 fully saturated rings. The van der Waals surface area contributed by atoms with Crippen LogP contribution >= 0.6 is 0 Å². The van der Waals surface area contributed by atoms with Gasteiger partial charge in [0.15, 0.2) is 0 Å². The van der Waals surface area contributed by atoms with Gasteiger partial charge in [-0.05, 0) is 64.2 Å². The Morgan fingerprint density at radius 1 is 0.393 bits per heavy atom. The first-order valence-electron chi connectivity index (χ1n) is 26.9. The number of carbonyl (C=O) groups excluding carboxylic acids is 1. The molecule has 0 rings (SSSR count). The summed E-state index contributed by atoms with van der Waals surface area (Å²) in [4.78, 5) is 12.6. The van der Waals surface area contributed by atoms with Crippen molar-refractivity contribution in [1.82, 2.24) is 5.32 Å². The lowest BCUT2D eigenvalue weighted by Crippen LogP contribution is -2.53. The zero-order valence-corrected chi connectivity index (χ0v) is 40.7. The molecule has 0 aromatic rings. The van der Waals surface area contributed by atoms with Crippen LogP contribution in [0.25, 0.3) is 0 Å². The van der Waals surface area contributed by atoms with E-state index >= 15 is 0 Å². The van der Waals surface area contributed by atoms with Gasteiger partial charge in [0, 0.05) is 0 Å². The van der Waals surface area contributed by atoms with E-state index < -0.39 is 36.9 Å². The number of nitrogens with one attached hydrogen (secondary N) is 1. The molecule has 5 N–H and O–H groups in total. The zero-order chi connectivity index (χ0) is 44.5. The van der Waals surface area contributed by atoms with Gasteiger partial charge < -0.3 is 25.7 Å². The molecule has 4 unspecified atom stereocenters. The summed E-state index contributed by atoms with van der Waals surface area (Å²) >= 11 is 0. The van der Waals surface area contributed by atoms with Crippen molar-refractivity contribution in [2.75, 3.05) is 6.61 Å². The molecule has 0 spiro atoms. The van der Waals surface area contributed by atoms with E-state index in [4.69, 9.17) is 0 Å². The van der Waals surface area contributed by atoms with Crippen LogP contribution in [0.4, 0.5) is 0 Å². The normalized spacial score (nSPS) is 14.1. The first kappa shape index (κ1) is 59.5. The van der Waals surface area contributed by atoms with E-state index in [2.05, 4.69) is 55.6 Å². The molecule has 0 aliphatic heterocycles. The number of carbonyl (C=O) groups is 1. The van der Waals surface area contributed by atoms with Crippen molar-refractivity contribution in [3.63, 3.8) is 0 Å². The second-order valence-corrected chi connectivity index (χ2v) is 18.6. The lowest BCUT2D eigenvalue weighted by Gasteiger charge is -2.27. The highest BCUT2D eigenvalue weighted by Gasteiger charge is 2.28. The van der Waals surface area contributed by atoms with Gasteiger partial charge in [0.25, 0.3) is 0 Å². The lowest BCUT2D eigenvalue weighted by molar-refractivity contribution is -0.132. The second-order valence-electron chi connectivity index (χ2n) is 18.6. The molecule has 0 aromatic carbocycles. The van der Waals surface area contributed by atoms with Gasteiger partial charge in [-0.2, -0.15) is 0 Å². The minimum absolute atomic E-state index is 0.362. The molecule has 0 aliphatic carbocycles. The van der Waals surface area contributed by atoms with Crippen LogP contribution in [0, 0.1) is 0 Å². The second kappa shape index (κ2) is 49.5. The van der Waals surface area contributed by atoms with E-state index in [0.29, 0.717) is 19.3 Å². The highest BCUT2D eigenvalue weighted by molar-refractivity contribution is 5.80. The third-order valence-corrected chi connectivity index (χ3v) is 12.6. The number of aliphatic hydroxyl groups is 4. The average molecular weight is 860 g/mol. The van der Waals surface area contributed by atoms with Gasteiger partial charge in [-0.3, -0.25) is 4.79 Å². The predicted molar refractivity (Wildman–Crippen MR) is 265 cm³/mol. The van der Waals surface area contributed by atoms with Gasteiger partial charge in [-0.25, -0.2) is 0 Å². The number of allylic oxidation sites excluding steroid dienone is 6. The van der Waals surface area contributed by atoms with Crippen molar-refractivity contribution in [2.45, 2.75) is 301 Å². The van der Waals surface area contributed by atoms with Crippen molar-refractivity contribution in [3.05, 3.63) is 36.5 Å². The quantitative estimate of drug-likeness (QED) is 0.0309. The van der Waals surface area contributed by atoms with E-state index in [1.54, 1.807) is 0 Å². The Balaban J connectivity index is 3.72. The van der Waals surface area contributed by atoms with E-state index in [9.17, 15) is 25.2 Å². The summed E-state index contributed by atoms with van der Waals surface area (Å²) in [5.74, 6) is -0.596. The SMILES string of the molecule is CCCCCCCCCCCCCCCC/C=C/CC/C=C/CC/C=C/CCCC(O)C(O)C(CO)NC(=O)C(O)CCCCCCCCCCCCCCCCCCCC. The summed E-state index contributed by atoms with van der Waals surface area (Å²) in [5.41, 5.74) is 0. The third-order valence-electron chi connectivity index (χ3n) is 12.6. The largest absolute Gasteiger partial charge is 0.394 e. The van der Waals surface area contributed by atoms with Gasteiger partial charge >= 0.3 is 0 Å². The van der Waals surface area contributed by atoms with Crippen LogP contribution in [-0.4, -0.2) is 57.3 Å². The van der Waals surface area contributed by atoms with Crippen LogP contribution in [0.1, 0.15) is 277 Å². The van der Waals surface area contributed by atoms with Crippen molar-refractivity contribution >= 4 is 5.91 Å². The zero-order valence-electron chi connectivity index (χ0n) is 40.7. The Morgan fingerprint density at radius 2 is 0.689 bits per heavy atom. The standard InChI is InChI=1S/C55H105NO5/c1-3-5-7-9-11-13-15-17-19-21-23-24-25-26-27-28-29-30-31-33-34-36-38-40-42-44-46-48-52(58)54(60)51(50-57)56-55(61)53(59)49-47-45-43-41-39-37-35-32-22-20-18-16-14-12-10-8-6-4-2/h28-29,33-34,40,42,51-54,57-60H,3-27,30-32,35-39,41,43-50H2,1-2H3,(H,56,61)/b29-28+,34-33+,42-40+. The topological polar surface area (TPSA) is 110 Å². The number of unbranched alkanes of at least 4 members (excludes halogenated alkanes) is 34. The molecule has 0 aromatic heterocycles. The summed E-state index contributed by atoms with van der Waals surface area (Å²) < 4.78 is 0. The monoisotopic (exact) mass is 860 g/mol. The van der Waals surface area contributed by atoms with Crippen molar-refractivity contribution in [2.24, 2.45) is 0 Å². The van der Waals surface area contributed by atoms with Crippen molar-refractivity contribution in [1.29, 1.82) is 0 Å². The van der Waals surface area contributed by atoms with E-state index in [1.807, 2.05) is 0 Å². The van der Waals surface area contributed by atoms with E-state index in [1.165, 1.54) is 193 Å². The Bertz CT molecular complexity index is 966. The summed E-state index contributed by atoms with van der Waals surface area (Å²) in [6.07, 6.45) is 60.6. The smallest absolute Gasteiger partial charge is 0.249 e. The maximum atomic E-state index is 12.6. The van der Waals surface area contributed by atoms with Crippen LogP contribution in [0.15, 0.2) is 36.5 Å². The van der Waals surface area contributed by atoms with E-state index in [0.717, 1.165) is 51.4 Å². The number of hydrogen-bond acceptors (Lipinski definition) is 5. The van der Waals surface area contributed by atoms with Crippen molar-refractivity contribution < 1.29 is 25.2 Å². The van der Waals surface area contributed by atoms with Gasteiger partial charge in [0.2, 0.25) is 5.91 Å². The first-order valence-corrected chi connectivity index (χ1v) is 26.9. The molecule has 0 aliphatic rings. The fourth-order valence-electron chi connectivity index (χ4n) is 8.32. The molecule has 360 valence electrons. The lowest BCUT2D eigenvalue weighted by atomic mass is 10.00. The molecule has 6 heteroatoms. The molecule has 0 saturated heterocycles. The highest BCUT2D eigenvalue weighted by Crippen LogP contribution is 2.17. The minimum Gasteiger partial charge on any atom is -0.394 e. The van der Waals surface area contributed by atoms with E-state index in [-0.39, 0.29) is 0 Å². The number of amides is 1. The summed E-state index contributed by atoms with van der Waals surface area (Å²) in [5, 5.41) is 43.9. The van der Waals surface area contributed by atoms with Crippen LogP contribution in [0.2, 0.25) is 0 Å². The average Bonchev–Trinajstić information content (AvgIpc) is 3.26. The van der Waals surface area contributed by atoms with Gasteiger partial charge in [0.05, 0.1) is 18.8 Å². The van der Waals surface area contributed by atoms with Crippen LogP contribution in [0.3, 0.4) is 0 Å². The third kappa shape index (κ3) is 43.6. The Hall–Kier alpha value is -1.47. The molecule has 0 radical (unpaired) electrons. The number of aliphatic hydroxyl groups excluding tert-OH is 4. The molecule has 0 heterocycles. The maximum absolute atomic E-state index is 12.6. The summed E-state index contributed by atoms with van der Waals surface area (Å²) in [6.45, 7) is 4.06.